The fourth-order valence-electron chi connectivity index (χ4n) is 1.58. The first-order valence-corrected chi connectivity index (χ1v) is 5.12. The Morgan fingerprint density at radius 3 is 2.61 bits per heavy atom. The van der Waals surface area contributed by atoms with Crippen LogP contribution >= 0.6 is 0 Å². The summed E-state index contributed by atoms with van der Waals surface area (Å²) in [4.78, 5) is 13.6. The number of hydrogen-bond acceptors (Lipinski definition) is 7. The molecule has 0 bridgehead atoms. The maximum atomic E-state index is 11.2. The third-order valence-electron chi connectivity index (χ3n) is 2.51. The molecule has 0 aromatic carbocycles. The smallest absolute Gasteiger partial charge is 0.226 e. The van der Waals surface area contributed by atoms with Crippen molar-refractivity contribution in [1.82, 2.24) is 5.32 Å². The van der Waals surface area contributed by atoms with Crippen LogP contribution in [0, 0.1) is 0 Å². The van der Waals surface area contributed by atoms with Crippen LogP contribution in [-0.4, -0.2) is 70.1 Å². The fraction of sp³-hybridized carbons (Fsp3) is 0.875. The second-order valence-corrected chi connectivity index (χ2v) is 3.71. The van der Waals surface area contributed by atoms with Gasteiger partial charge in [0, 0.05) is 4.91 Å². The van der Waals surface area contributed by atoms with Crippen molar-refractivity contribution >= 4 is 5.91 Å². The molecular formula is C8H14N4O6. The van der Waals surface area contributed by atoms with Gasteiger partial charge in [-0.1, -0.05) is 5.11 Å². The van der Waals surface area contributed by atoms with Gasteiger partial charge in [-0.2, -0.15) is 0 Å². The van der Waals surface area contributed by atoms with Crippen LogP contribution in [0.3, 0.4) is 0 Å². The highest BCUT2D eigenvalue weighted by Gasteiger charge is 2.44. The summed E-state index contributed by atoms with van der Waals surface area (Å²) in [6.45, 7) is -1.10. The largest absolute Gasteiger partial charge is 0.394 e. The fourth-order valence-corrected chi connectivity index (χ4v) is 1.58. The van der Waals surface area contributed by atoms with E-state index in [1.165, 1.54) is 0 Å². The number of hydrogen-bond donors (Lipinski definition) is 5. The van der Waals surface area contributed by atoms with Crippen molar-refractivity contribution in [3.8, 4) is 0 Å². The van der Waals surface area contributed by atoms with Crippen molar-refractivity contribution in [2.24, 2.45) is 5.11 Å². The van der Waals surface area contributed by atoms with Crippen molar-refractivity contribution in [1.29, 1.82) is 0 Å². The monoisotopic (exact) mass is 262 g/mol. The Morgan fingerprint density at radius 2 is 2.06 bits per heavy atom. The van der Waals surface area contributed by atoms with E-state index in [9.17, 15) is 20.1 Å². The molecule has 0 radical (unpaired) electrons. The van der Waals surface area contributed by atoms with E-state index >= 15 is 0 Å². The predicted molar refractivity (Wildman–Crippen MR) is 55.9 cm³/mol. The van der Waals surface area contributed by atoms with Crippen LogP contribution in [0.15, 0.2) is 5.11 Å². The number of nitrogens with one attached hydrogen (secondary N) is 1. The van der Waals surface area contributed by atoms with Gasteiger partial charge in [-0.25, -0.2) is 0 Å². The van der Waals surface area contributed by atoms with Crippen LogP contribution in [-0.2, 0) is 9.53 Å². The highest BCUT2D eigenvalue weighted by Crippen LogP contribution is 2.19. The molecule has 1 unspecified atom stereocenters. The van der Waals surface area contributed by atoms with Gasteiger partial charge in [-0.05, 0) is 5.53 Å². The highest BCUT2D eigenvalue weighted by atomic mass is 16.6. The predicted octanol–water partition coefficient (Wildman–Crippen LogP) is -2.79. The number of nitrogens with zero attached hydrogens (tertiary/aromatic N) is 3. The van der Waals surface area contributed by atoms with Crippen molar-refractivity contribution in [3.63, 3.8) is 0 Å². The minimum atomic E-state index is -1.59. The molecule has 1 heterocycles. The van der Waals surface area contributed by atoms with Crippen molar-refractivity contribution in [2.75, 3.05) is 13.2 Å². The van der Waals surface area contributed by atoms with Gasteiger partial charge in [0.15, 0.2) is 6.29 Å². The maximum absolute atomic E-state index is 11.2. The molecule has 0 spiro atoms. The van der Waals surface area contributed by atoms with Gasteiger partial charge >= 0.3 is 0 Å². The zero-order chi connectivity index (χ0) is 13.7. The molecule has 0 aromatic heterocycles. The SMILES string of the molecule is [N-]=[N+]=NCC(=O)N[C@H]1C(O)O[C@H](CO)[C@H](O)[C@@H]1O. The third kappa shape index (κ3) is 3.29. The Morgan fingerprint density at radius 1 is 1.39 bits per heavy atom. The molecule has 1 amide bonds. The molecule has 1 rings (SSSR count). The molecule has 1 aliphatic heterocycles. The van der Waals surface area contributed by atoms with Crippen LogP contribution in [0.1, 0.15) is 0 Å². The van der Waals surface area contributed by atoms with Gasteiger partial charge in [0.25, 0.3) is 0 Å². The van der Waals surface area contributed by atoms with E-state index in [0.29, 0.717) is 0 Å². The molecule has 10 heteroatoms. The van der Waals surface area contributed by atoms with E-state index in [1.54, 1.807) is 0 Å². The Bertz CT molecular complexity index is 346. The first-order chi connectivity index (χ1) is 8.51. The molecule has 18 heavy (non-hydrogen) atoms. The van der Waals surface area contributed by atoms with Gasteiger partial charge in [0.2, 0.25) is 5.91 Å². The summed E-state index contributed by atoms with van der Waals surface area (Å²) >= 11 is 0. The molecule has 0 aliphatic carbocycles. The average Bonchev–Trinajstić information content (AvgIpc) is 2.36. The molecule has 102 valence electrons. The summed E-state index contributed by atoms with van der Waals surface area (Å²) < 4.78 is 4.81. The summed E-state index contributed by atoms with van der Waals surface area (Å²) in [6.07, 6.45) is -5.69. The van der Waals surface area contributed by atoms with Gasteiger partial charge in [-0.3, -0.25) is 4.79 Å². The zero-order valence-corrected chi connectivity index (χ0v) is 9.25. The molecule has 0 saturated carbocycles. The van der Waals surface area contributed by atoms with E-state index in [2.05, 4.69) is 15.3 Å². The summed E-state index contributed by atoms with van der Waals surface area (Å²) in [5.41, 5.74) is 8.02. The summed E-state index contributed by atoms with van der Waals surface area (Å²) in [6, 6.07) is -1.27. The minimum Gasteiger partial charge on any atom is -0.394 e. The number of aliphatic hydroxyl groups is 4. The lowest BCUT2D eigenvalue weighted by Crippen LogP contribution is -2.64. The molecule has 10 nitrogen and oxygen atoms in total. The number of carbonyl (C=O) groups excluding carboxylic acids is 1. The second-order valence-electron chi connectivity index (χ2n) is 3.71. The second kappa shape index (κ2) is 6.50. The van der Waals surface area contributed by atoms with Gasteiger partial charge in [-0.15, -0.1) is 0 Å². The molecular weight excluding hydrogens is 248 g/mol. The normalized spacial score (nSPS) is 35.7. The van der Waals surface area contributed by atoms with Gasteiger partial charge in [0.1, 0.15) is 30.9 Å². The minimum absolute atomic E-state index is 0.508. The van der Waals surface area contributed by atoms with Crippen molar-refractivity contribution < 1.29 is 30.0 Å². The molecule has 5 atom stereocenters. The topological polar surface area (TPSA) is 168 Å². The summed E-state index contributed by atoms with van der Waals surface area (Å²) in [5, 5.41) is 42.7. The number of ether oxygens (including phenoxy) is 1. The van der Waals surface area contributed by atoms with E-state index in [1.807, 2.05) is 0 Å². The summed E-state index contributed by atoms with van der Waals surface area (Å²) in [7, 11) is 0. The number of amides is 1. The van der Waals surface area contributed by atoms with E-state index < -0.39 is 49.7 Å². The van der Waals surface area contributed by atoms with Crippen LogP contribution in [0.2, 0.25) is 0 Å². The van der Waals surface area contributed by atoms with Crippen LogP contribution in [0.4, 0.5) is 0 Å². The van der Waals surface area contributed by atoms with E-state index in [0.717, 1.165) is 0 Å². The van der Waals surface area contributed by atoms with Crippen LogP contribution in [0.5, 0.6) is 0 Å². The van der Waals surface area contributed by atoms with Gasteiger partial charge in [0.05, 0.1) is 6.61 Å². The Kier molecular flexibility index (Phi) is 5.28. The van der Waals surface area contributed by atoms with E-state index in [4.69, 9.17) is 15.4 Å². The highest BCUT2D eigenvalue weighted by molar-refractivity contribution is 5.78. The lowest BCUT2D eigenvalue weighted by Gasteiger charge is -2.40. The van der Waals surface area contributed by atoms with E-state index in [-0.39, 0.29) is 0 Å². The quantitative estimate of drug-likeness (QED) is 0.208. The Hall–Kier alpha value is -1.42. The first-order valence-electron chi connectivity index (χ1n) is 5.12. The molecule has 0 aromatic rings. The maximum Gasteiger partial charge on any atom is 0.226 e. The Labute approximate surface area is 101 Å². The van der Waals surface area contributed by atoms with Crippen molar-refractivity contribution in [3.05, 3.63) is 10.4 Å². The number of rotatable bonds is 4. The first kappa shape index (κ1) is 14.6. The molecule has 1 aliphatic rings. The summed E-state index contributed by atoms with van der Waals surface area (Å²) in [5.74, 6) is -0.742. The number of aliphatic hydroxyl groups excluding tert-OH is 4. The lowest BCUT2D eigenvalue weighted by molar-refractivity contribution is -0.253. The standard InChI is InChI=1S/C8H14N4O6/c9-12-10-1-4(14)11-5-7(16)6(15)3(2-13)18-8(5)17/h3,5-8,13,15-17H,1-2H2,(H,11,14)/t3-,5-,6+,7-,8?/m1/s1. The molecule has 1 saturated heterocycles. The van der Waals surface area contributed by atoms with Crippen molar-refractivity contribution in [2.45, 2.75) is 30.6 Å². The number of carbonyl (C=O) groups is 1. The zero-order valence-electron chi connectivity index (χ0n) is 9.25. The molecule has 1 fully saturated rings. The lowest BCUT2D eigenvalue weighted by atomic mass is 9.97. The number of azide groups is 1. The van der Waals surface area contributed by atoms with Crippen LogP contribution < -0.4 is 5.32 Å². The average molecular weight is 262 g/mol. The van der Waals surface area contributed by atoms with Gasteiger partial charge < -0.3 is 30.5 Å². The Balaban J connectivity index is 2.64. The third-order valence-corrected chi connectivity index (χ3v) is 2.51. The molecule has 5 N–H and O–H groups in total. The van der Waals surface area contributed by atoms with Crippen LogP contribution in [0.25, 0.3) is 10.4 Å².